The van der Waals surface area contributed by atoms with Gasteiger partial charge in [-0.05, 0) is 68.1 Å². The van der Waals surface area contributed by atoms with E-state index in [0.29, 0.717) is 18.8 Å². The van der Waals surface area contributed by atoms with Crippen LogP contribution >= 0.6 is 0 Å². The Kier molecular flexibility index (Phi) is 9.49. The van der Waals surface area contributed by atoms with Gasteiger partial charge in [0.15, 0.2) is 11.5 Å². The van der Waals surface area contributed by atoms with Crippen molar-refractivity contribution in [2.45, 2.75) is 56.0 Å². The van der Waals surface area contributed by atoms with Gasteiger partial charge in [0.2, 0.25) is 11.8 Å². The molecule has 0 unspecified atom stereocenters. The Morgan fingerprint density at radius 2 is 1.63 bits per heavy atom. The van der Waals surface area contributed by atoms with Crippen molar-refractivity contribution >= 4 is 27.5 Å². The zero-order valence-electron chi connectivity index (χ0n) is 24.1. The number of anilines is 1. The van der Waals surface area contributed by atoms with E-state index in [1.54, 1.807) is 6.92 Å². The van der Waals surface area contributed by atoms with Gasteiger partial charge >= 0.3 is 0 Å². The van der Waals surface area contributed by atoms with Crippen LogP contribution in [0.25, 0.3) is 0 Å². The summed E-state index contributed by atoms with van der Waals surface area (Å²) in [7, 11) is -4.33. The fourth-order valence-electron chi connectivity index (χ4n) is 5.41. The number of amides is 2. The molecule has 43 heavy (non-hydrogen) atoms. The van der Waals surface area contributed by atoms with Gasteiger partial charge in [0.1, 0.15) is 31.6 Å². The maximum atomic E-state index is 14.1. The van der Waals surface area contributed by atoms with Gasteiger partial charge in [0.25, 0.3) is 10.0 Å². The highest BCUT2D eigenvalue weighted by Gasteiger charge is 2.34. The van der Waals surface area contributed by atoms with Crippen molar-refractivity contribution < 1.29 is 31.9 Å². The van der Waals surface area contributed by atoms with E-state index in [-0.39, 0.29) is 41.4 Å². The molecule has 5 rings (SSSR count). The lowest BCUT2D eigenvalue weighted by Gasteiger charge is -2.32. The smallest absolute Gasteiger partial charge is 0.264 e. The van der Waals surface area contributed by atoms with Crippen LogP contribution in [-0.2, 0) is 26.0 Å². The molecular formula is C32H36FN3O6S. The monoisotopic (exact) mass is 609 g/mol. The van der Waals surface area contributed by atoms with Gasteiger partial charge in [-0.25, -0.2) is 12.8 Å². The number of carbonyl (C=O) groups is 2. The zero-order chi connectivity index (χ0) is 30.4. The molecule has 0 aromatic heterocycles. The molecule has 2 amide bonds. The lowest BCUT2D eigenvalue weighted by atomic mass is 10.1. The van der Waals surface area contributed by atoms with Crippen molar-refractivity contribution in [3.8, 4) is 11.5 Å². The first kappa shape index (κ1) is 30.3. The maximum Gasteiger partial charge on any atom is 0.264 e. The van der Waals surface area contributed by atoms with Crippen LogP contribution in [0.5, 0.6) is 11.5 Å². The molecule has 1 saturated carbocycles. The summed E-state index contributed by atoms with van der Waals surface area (Å²) < 4.78 is 54.0. The van der Waals surface area contributed by atoms with E-state index in [1.807, 2.05) is 30.3 Å². The normalized spacial score (nSPS) is 15.5. The topological polar surface area (TPSA) is 105 Å². The number of nitrogens with one attached hydrogen (secondary N) is 1. The minimum Gasteiger partial charge on any atom is -0.486 e. The first-order chi connectivity index (χ1) is 20.7. The number of benzene rings is 3. The molecule has 0 saturated heterocycles. The molecule has 1 aliphatic heterocycles. The Labute approximate surface area is 251 Å². The van der Waals surface area contributed by atoms with Crippen molar-refractivity contribution in [2.75, 3.05) is 30.6 Å². The molecule has 1 heterocycles. The molecule has 3 aromatic rings. The van der Waals surface area contributed by atoms with E-state index in [2.05, 4.69) is 5.32 Å². The maximum absolute atomic E-state index is 14.1. The quantitative estimate of drug-likeness (QED) is 0.348. The minimum absolute atomic E-state index is 0.0623. The predicted molar refractivity (Wildman–Crippen MR) is 160 cm³/mol. The Morgan fingerprint density at radius 1 is 0.953 bits per heavy atom. The summed E-state index contributed by atoms with van der Waals surface area (Å²) in [6, 6.07) is 17.9. The fraction of sp³-hybridized carbons (Fsp3) is 0.375. The van der Waals surface area contributed by atoms with E-state index in [4.69, 9.17) is 9.47 Å². The molecule has 1 atom stereocenters. The van der Waals surface area contributed by atoms with E-state index >= 15 is 0 Å². The predicted octanol–water partition coefficient (Wildman–Crippen LogP) is 4.31. The average Bonchev–Trinajstić information content (AvgIpc) is 3.53. The van der Waals surface area contributed by atoms with E-state index < -0.39 is 34.3 Å². The third kappa shape index (κ3) is 7.27. The Hall–Kier alpha value is -4.12. The van der Waals surface area contributed by atoms with E-state index in [9.17, 15) is 22.4 Å². The lowest BCUT2D eigenvalue weighted by Crippen LogP contribution is -2.53. The van der Waals surface area contributed by atoms with Gasteiger partial charge in [0, 0.05) is 18.7 Å². The Balaban J connectivity index is 1.45. The first-order valence-corrected chi connectivity index (χ1v) is 16.0. The van der Waals surface area contributed by atoms with Crippen molar-refractivity contribution in [1.82, 2.24) is 10.2 Å². The number of fused-ring (bicyclic) bond motifs is 1. The summed E-state index contributed by atoms with van der Waals surface area (Å²) >= 11 is 0. The van der Waals surface area contributed by atoms with Crippen molar-refractivity contribution in [1.29, 1.82) is 0 Å². The SMILES string of the molecule is C[C@H](C(=O)NC1CCCC1)N(CCc1ccccc1)C(=O)CN(c1ccc(F)cc1)S(=O)(=O)c1ccc2c(c1)OCCO2. The molecule has 0 radical (unpaired) electrons. The van der Waals surface area contributed by atoms with Crippen LogP contribution in [0.1, 0.15) is 38.2 Å². The zero-order valence-corrected chi connectivity index (χ0v) is 24.9. The van der Waals surface area contributed by atoms with Crippen LogP contribution in [0, 0.1) is 5.82 Å². The summed E-state index contributed by atoms with van der Waals surface area (Å²) in [5, 5.41) is 3.06. The van der Waals surface area contributed by atoms with Crippen molar-refractivity contribution in [3.05, 3.63) is 84.2 Å². The molecule has 1 aliphatic carbocycles. The Bertz CT molecular complexity index is 1530. The molecular weight excluding hydrogens is 573 g/mol. The molecule has 2 aliphatic rings. The van der Waals surface area contributed by atoms with Crippen LogP contribution in [-0.4, -0.2) is 63.5 Å². The summed E-state index contributed by atoms with van der Waals surface area (Å²) in [6.45, 7) is 1.88. The molecule has 0 spiro atoms. The molecule has 1 fully saturated rings. The number of sulfonamides is 1. The van der Waals surface area contributed by atoms with E-state index in [0.717, 1.165) is 47.7 Å². The van der Waals surface area contributed by atoms with Crippen LogP contribution in [0.4, 0.5) is 10.1 Å². The van der Waals surface area contributed by atoms with Crippen LogP contribution in [0.15, 0.2) is 77.7 Å². The van der Waals surface area contributed by atoms with E-state index in [1.165, 1.54) is 35.2 Å². The summed E-state index contributed by atoms with van der Waals surface area (Å²) in [5.74, 6) is -0.691. The molecule has 9 nitrogen and oxygen atoms in total. The van der Waals surface area contributed by atoms with Gasteiger partial charge in [0.05, 0.1) is 10.6 Å². The number of hydrogen-bond donors (Lipinski definition) is 1. The van der Waals surface area contributed by atoms with Crippen molar-refractivity contribution in [2.24, 2.45) is 0 Å². The molecule has 228 valence electrons. The highest BCUT2D eigenvalue weighted by Crippen LogP contribution is 2.34. The molecule has 0 bridgehead atoms. The molecule has 11 heteroatoms. The number of ether oxygens (including phenoxy) is 2. The largest absolute Gasteiger partial charge is 0.486 e. The van der Waals surface area contributed by atoms with Gasteiger partial charge in [-0.3, -0.25) is 13.9 Å². The number of carbonyl (C=O) groups excluding carboxylic acids is 2. The first-order valence-electron chi connectivity index (χ1n) is 14.5. The van der Waals surface area contributed by atoms with Crippen LogP contribution in [0.3, 0.4) is 0 Å². The van der Waals surface area contributed by atoms with Gasteiger partial charge < -0.3 is 19.7 Å². The summed E-state index contributed by atoms with van der Waals surface area (Å²) in [5.41, 5.74) is 1.08. The van der Waals surface area contributed by atoms with Crippen molar-refractivity contribution in [3.63, 3.8) is 0 Å². The minimum atomic E-state index is -4.33. The lowest BCUT2D eigenvalue weighted by molar-refractivity contribution is -0.139. The standard InChI is InChI=1S/C32H36FN3O6S/c1-23(32(38)34-26-9-5-6-10-26)35(18-17-24-7-3-2-4-8-24)31(37)22-36(27-13-11-25(33)12-14-27)43(39,40)28-15-16-29-30(21-28)42-20-19-41-29/h2-4,7-8,11-16,21,23,26H,5-6,9-10,17-20,22H2,1H3,(H,34,38)/t23-/m1/s1. The molecule has 3 aromatic carbocycles. The summed E-state index contributed by atoms with van der Waals surface area (Å²) in [4.78, 5) is 28.6. The second kappa shape index (κ2) is 13.5. The number of halogens is 1. The third-order valence-electron chi connectivity index (χ3n) is 7.85. The second-order valence-corrected chi connectivity index (χ2v) is 12.6. The van der Waals surface area contributed by atoms with Crippen LogP contribution < -0.4 is 19.1 Å². The third-order valence-corrected chi connectivity index (χ3v) is 9.62. The highest BCUT2D eigenvalue weighted by molar-refractivity contribution is 7.92. The summed E-state index contributed by atoms with van der Waals surface area (Å²) in [6.07, 6.45) is 4.34. The number of hydrogen-bond acceptors (Lipinski definition) is 6. The van der Waals surface area contributed by atoms with Gasteiger partial charge in [-0.1, -0.05) is 43.2 Å². The number of rotatable bonds is 11. The van der Waals surface area contributed by atoms with Gasteiger partial charge in [-0.15, -0.1) is 0 Å². The fourth-order valence-corrected chi connectivity index (χ4v) is 6.84. The second-order valence-electron chi connectivity index (χ2n) is 10.8. The Morgan fingerprint density at radius 3 is 2.33 bits per heavy atom. The van der Waals surface area contributed by atoms with Crippen LogP contribution in [0.2, 0.25) is 0 Å². The molecule has 1 N–H and O–H groups in total. The highest BCUT2D eigenvalue weighted by atomic mass is 32.2. The number of nitrogens with zero attached hydrogens (tertiary/aromatic N) is 2. The van der Waals surface area contributed by atoms with Gasteiger partial charge in [-0.2, -0.15) is 0 Å². The average molecular weight is 610 g/mol.